The summed E-state index contributed by atoms with van der Waals surface area (Å²) in [4.78, 5) is 21.3. The van der Waals surface area contributed by atoms with Crippen LogP contribution in [-0.2, 0) is 22.6 Å². The number of fused-ring (bicyclic) bond motifs is 1. The Labute approximate surface area is 198 Å². The number of carboxylic acid groups (broad SMARTS) is 1. The highest BCUT2D eigenvalue weighted by atomic mass is 35.5. The van der Waals surface area contributed by atoms with E-state index in [0.29, 0.717) is 23.2 Å². The van der Waals surface area contributed by atoms with Gasteiger partial charge in [-0.1, -0.05) is 41.0 Å². The van der Waals surface area contributed by atoms with Crippen LogP contribution in [0.4, 0.5) is 13.2 Å². The van der Waals surface area contributed by atoms with Crippen LogP contribution >= 0.6 is 11.6 Å². The third-order valence-corrected chi connectivity index (χ3v) is 5.52. The van der Waals surface area contributed by atoms with Crippen LogP contribution in [0.3, 0.4) is 0 Å². The van der Waals surface area contributed by atoms with E-state index in [-0.39, 0.29) is 12.3 Å². The minimum absolute atomic E-state index is 0.0674. The zero-order valence-electron chi connectivity index (χ0n) is 18.0. The summed E-state index contributed by atoms with van der Waals surface area (Å²) in [6.07, 6.45) is -2.67. The number of halogens is 4. The van der Waals surface area contributed by atoms with E-state index >= 15 is 0 Å². The molecular formula is C23H23ClF3N3O4. The summed E-state index contributed by atoms with van der Waals surface area (Å²) in [6.45, 7) is 2.36. The van der Waals surface area contributed by atoms with Crippen LogP contribution < -0.4 is 10.6 Å². The second kappa shape index (κ2) is 11.3. The summed E-state index contributed by atoms with van der Waals surface area (Å²) in [5.41, 5.74) is 1.91. The summed E-state index contributed by atoms with van der Waals surface area (Å²) < 4.78 is 37.1. The fourth-order valence-corrected chi connectivity index (χ4v) is 3.89. The first-order chi connectivity index (χ1) is 16.1. The van der Waals surface area contributed by atoms with Crippen LogP contribution in [0.2, 0.25) is 5.02 Å². The average molecular weight is 498 g/mol. The van der Waals surface area contributed by atoms with Gasteiger partial charge in [0.2, 0.25) is 5.91 Å². The SMILES string of the molecule is O=C(Cc1cc(Cl)cc2ccccc12)NCc1cc(C2CCNCC2)no1.O=C(O)C(F)(F)F. The molecular weight excluding hydrogens is 475 g/mol. The van der Waals surface area contributed by atoms with Gasteiger partial charge >= 0.3 is 12.1 Å². The second-order valence-corrected chi connectivity index (χ2v) is 8.22. The number of nitrogens with one attached hydrogen (secondary N) is 2. The molecule has 2 heterocycles. The Morgan fingerprint density at radius 1 is 1.18 bits per heavy atom. The molecule has 1 aromatic heterocycles. The molecule has 0 radical (unpaired) electrons. The van der Waals surface area contributed by atoms with E-state index in [4.69, 9.17) is 26.0 Å². The molecule has 3 aromatic rings. The molecule has 4 rings (SSSR count). The Kier molecular flexibility index (Phi) is 8.51. The number of carbonyl (C=O) groups excluding carboxylic acids is 1. The van der Waals surface area contributed by atoms with Gasteiger partial charge in [0.05, 0.1) is 18.7 Å². The molecule has 0 saturated carbocycles. The van der Waals surface area contributed by atoms with E-state index in [1.165, 1.54) is 0 Å². The Balaban J connectivity index is 0.000000406. The molecule has 2 aromatic carbocycles. The van der Waals surface area contributed by atoms with E-state index < -0.39 is 12.1 Å². The van der Waals surface area contributed by atoms with Gasteiger partial charge in [0.1, 0.15) is 0 Å². The van der Waals surface area contributed by atoms with Crippen LogP contribution in [0.1, 0.15) is 35.8 Å². The van der Waals surface area contributed by atoms with E-state index in [0.717, 1.165) is 48.0 Å². The first-order valence-electron chi connectivity index (χ1n) is 10.5. The lowest BCUT2D eigenvalue weighted by molar-refractivity contribution is -0.192. The Hall–Kier alpha value is -3.11. The highest BCUT2D eigenvalue weighted by Gasteiger charge is 2.38. The highest BCUT2D eigenvalue weighted by Crippen LogP contribution is 2.26. The second-order valence-electron chi connectivity index (χ2n) is 7.78. The molecule has 11 heteroatoms. The Morgan fingerprint density at radius 2 is 1.85 bits per heavy atom. The maximum Gasteiger partial charge on any atom is 0.490 e. The molecule has 0 aliphatic carbocycles. The molecule has 1 fully saturated rings. The van der Waals surface area contributed by atoms with E-state index in [9.17, 15) is 18.0 Å². The van der Waals surface area contributed by atoms with Gasteiger partial charge in [-0.3, -0.25) is 4.79 Å². The van der Waals surface area contributed by atoms with Gasteiger partial charge in [0.15, 0.2) is 5.76 Å². The molecule has 0 spiro atoms. The fourth-order valence-electron chi connectivity index (χ4n) is 3.64. The molecule has 7 nitrogen and oxygen atoms in total. The van der Waals surface area contributed by atoms with Crippen molar-refractivity contribution in [2.24, 2.45) is 0 Å². The number of carbonyl (C=O) groups is 2. The Morgan fingerprint density at radius 3 is 2.53 bits per heavy atom. The fraction of sp³-hybridized carbons (Fsp3) is 0.348. The first-order valence-corrected chi connectivity index (χ1v) is 10.9. The van der Waals surface area contributed by atoms with Crippen molar-refractivity contribution in [1.29, 1.82) is 0 Å². The van der Waals surface area contributed by atoms with Crippen molar-refractivity contribution in [2.45, 2.75) is 37.9 Å². The molecule has 1 amide bonds. The van der Waals surface area contributed by atoms with Crippen LogP contribution in [-0.4, -0.2) is 41.4 Å². The lowest BCUT2D eigenvalue weighted by Crippen LogP contribution is -2.26. The predicted octanol–water partition coefficient (Wildman–Crippen LogP) is 4.44. The highest BCUT2D eigenvalue weighted by molar-refractivity contribution is 6.31. The lowest BCUT2D eigenvalue weighted by atomic mass is 9.95. The lowest BCUT2D eigenvalue weighted by Gasteiger charge is -2.19. The summed E-state index contributed by atoms with van der Waals surface area (Å²) in [5.74, 6) is -1.69. The standard InChI is InChI=1S/C21H22ClN3O2.C2HF3O2/c22-17-9-15-3-1-2-4-19(15)16(10-17)11-21(26)24-13-18-12-20(25-27-18)14-5-7-23-8-6-14;3-2(4,5)1(6)7/h1-4,9-10,12,14,23H,5-8,11,13H2,(H,24,26);(H,6,7). The molecule has 1 aliphatic rings. The number of alkyl halides is 3. The zero-order chi connectivity index (χ0) is 24.7. The van der Waals surface area contributed by atoms with Gasteiger partial charge in [-0.15, -0.1) is 0 Å². The van der Waals surface area contributed by atoms with Crippen molar-refractivity contribution >= 4 is 34.2 Å². The predicted molar refractivity (Wildman–Crippen MR) is 120 cm³/mol. The number of nitrogens with zero attached hydrogens (tertiary/aromatic N) is 1. The minimum atomic E-state index is -5.08. The van der Waals surface area contributed by atoms with E-state index in [1.54, 1.807) is 0 Å². The van der Waals surface area contributed by atoms with E-state index in [1.807, 2.05) is 42.5 Å². The van der Waals surface area contributed by atoms with Gasteiger partial charge in [0.25, 0.3) is 0 Å². The van der Waals surface area contributed by atoms with Crippen molar-refractivity contribution in [2.75, 3.05) is 13.1 Å². The topological polar surface area (TPSA) is 104 Å². The van der Waals surface area contributed by atoms with Gasteiger partial charge in [-0.2, -0.15) is 13.2 Å². The van der Waals surface area contributed by atoms with E-state index in [2.05, 4.69) is 15.8 Å². The monoisotopic (exact) mass is 497 g/mol. The number of hydrogen-bond acceptors (Lipinski definition) is 5. The minimum Gasteiger partial charge on any atom is -0.475 e. The van der Waals surface area contributed by atoms with Gasteiger partial charge in [-0.05, 0) is 54.4 Å². The van der Waals surface area contributed by atoms with Crippen LogP contribution in [0.25, 0.3) is 10.8 Å². The van der Waals surface area contributed by atoms with Gasteiger partial charge < -0.3 is 20.3 Å². The maximum atomic E-state index is 12.4. The summed E-state index contributed by atoms with van der Waals surface area (Å²) in [5, 5.41) is 20.3. The molecule has 0 atom stereocenters. The number of aliphatic carboxylic acids is 1. The summed E-state index contributed by atoms with van der Waals surface area (Å²) in [6, 6.07) is 13.7. The molecule has 0 unspecified atom stereocenters. The largest absolute Gasteiger partial charge is 0.490 e. The molecule has 1 saturated heterocycles. The van der Waals surface area contributed by atoms with Crippen molar-refractivity contribution in [1.82, 2.24) is 15.8 Å². The van der Waals surface area contributed by atoms with Crippen LogP contribution in [0, 0.1) is 0 Å². The molecule has 34 heavy (non-hydrogen) atoms. The number of carboxylic acids is 1. The Bertz CT molecular complexity index is 1140. The number of aromatic nitrogens is 1. The zero-order valence-corrected chi connectivity index (χ0v) is 18.7. The van der Waals surface area contributed by atoms with Gasteiger partial charge in [0, 0.05) is 17.0 Å². The normalized spacial score (nSPS) is 14.4. The van der Waals surface area contributed by atoms with Crippen molar-refractivity contribution < 1.29 is 32.4 Å². The smallest absolute Gasteiger partial charge is 0.475 e. The molecule has 182 valence electrons. The molecule has 1 aliphatic heterocycles. The number of amides is 1. The number of rotatable bonds is 5. The first kappa shape index (κ1) is 25.5. The molecule has 0 bridgehead atoms. The van der Waals surface area contributed by atoms with Crippen molar-refractivity contribution in [3.8, 4) is 0 Å². The quantitative estimate of drug-likeness (QED) is 0.481. The molecule has 3 N–H and O–H groups in total. The summed E-state index contributed by atoms with van der Waals surface area (Å²) >= 11 is 6.20. The summed E-state index contributed by atoms with van der Waals surface area (Å²) in [7, 11) is 0. The third-order valence-electron chi connectivity index (χ3n) is 5.30. The number of piperidine rings is 1. The van der Waals surface area contributed by atoms with Crippen molar-refractivity contribution in [3.63, 3.8) is 0 Å². The maximum absolute atomic E-state index is 12.4. The number of hydrogen-bond donors (Lipinski definition) is 3. The van der Waals surface area contributed by atoms with Crippen LogP contribution in [0.15, 0.2) is 47.0 Å². The number of benzene rings is 2. The van der Waals surface area contributed by atoms with Gasteiger partial charge in [-0.25, -0.2) is 4.79 Å². The van der Waals surface area contributed by atoms with Crippen LogP contribution in [0.5, 0.6) is 0 Å². The van der Waals surface area contributed by atoms with Crippen molar-refractivity contribution in [3.05, 3.63) is 64.5 Å². The third kappa shape index (κ3) is 7.19. The average Bonchev–Trinajstić information content (AvgIpc) is 3.27.